The first-order valence-electron chi connectivity index (χ1n) is 4.70. The minimum absolute atomic E-state index is 0.786. The van der Waals surface area contributed by atoms with Crippen LogP contribution in [-0.4, -0.2) is 6.61 Å². The van der Waals surface area contributed by atoms with Gasteiger partial charge in [-0.15, -0.1) is 6.58 Å². The first kappa shape index (κ1) is 9.85. The number of hydrogen-bond acceptors (Lipinski definition) is 1. The molecule has 0 aromatic heterocycles. The maximum Gasteiger partial charge on any atom is 0.122 e. The van der Waals surface area contributed by atoms with Gasteiger partial charge in [0.05, 0.1) is 6.61 Å². The van der Waals surface area contributed by atoms with Crippen LogP contribution in [0.1, 0.15) is 18.9 Å². The average molecular weight is 176 g/mol. The number of ether oxygens (including phenoxy) is 1. The van der Waals surface area contributed by atoms with Crippen LogP contribution in [0.25, 0.3) is 0 Å². The molecule has 0 aliphatic carbocycles. The van der Waals surface area contributed by atoms with E-state index < -0.39 is 0 Å². The van der Waals surface area contributed by atoms with Gasteiger partial charge in [-0.25, -0.2) is 0 Å². The Kier molecular flexibility index (Phi) is 4.10. The second kappa shape index (κ2) is 5.41. The third-order valence-corrected chi connectivity index (χ3v) is 1.80. The van der Waals surface area contributed by atoms with Crippen LogP contribution in [-0.2, 0) is 6.42 Å². The fourth-order valence-corrected chi connectivity index (χ4v) is 1.18. The molecule has 0 aliphatic heterocycles. The van der Waals surface area contributed by atoms with Crippen molar-refractivity contribution in [2.24, 2.45) is 0 Å². The maximum atomic E-state index is 5.59. The molecule has 0 atom stereocenters. The van der Waals surface area contributed by atoms with E-state index in [1.807, 2.05) is 24.3 Å². The van der Waals surface area contributed by atoms with Crippen LogP contribution in [0.5, 0.6) is 5.75 Å². The zero-order chi connectivity index (χ0) is 9.52. The number of para-hydroxylation sites is 1. The summed E-state index contributed by atoms with van der Waals surface area (Å²) in [6.45, 7) is 6.61. The Morgan fingerprint density at radius 1 is 1.38 bits per heavy atom. The van der Waals surface area contributed by atoms with Gasteiger partial charge in [-0.05, 0) is 24.5 Å². The Bertz CT molecular complexity index is 266. The summed E-state index contributed by atoms with van der Waals surface area (Å²) < 4.78 is 5.59. The molecular formula is C12H16O. The Hall–Kier alpha value is -1.24. The molecule has 1 rings (SSSR count). The normalized spacial score (nSPS) is 9.62. The molecular weight excluding hydrogens is 160 g/mol. The number of benzene rings is 1. The molecule has 0 unspecified atom stereocenters. The number of rotatable bonds is 5. The minimum atomic E-state index is 0.786. The fraction of sp³-hybridized carbons (Fsp3) is 0.333. The van der Waals surface area contributed by atoms with Crippen molar-refractivity contribution >= 4 is 0 Å². The smallest absolute Gasteiger partial charge is 0.122 e. The van der Waals surface area contributed by atoms with Crippen molar-refractivity contribution in [3.63, 3.8) is 0 Å². The Balaban J connectivity index is 2.71. The van der Waals surface area contributed by atoms with E-state index >= 15 is 0 Å². The lowest BCUT2D eigenvalue weighted by atomic mass is 10.1. The summed E-state index contributed by atoms with van der Waals surface area (Å²) in [5, 5.41) is 0. The quantitative estimate of drug-likeness (QED) is 0.626. The molecule has 0 bridgehead atoms. The van der Waals surface area contributed by atoms with Gasteiger partial charge in [0, 0.05) is 0 Å². The van der Waals surface area contributed by atoms with E-state index in [0.29, 0.717) is 0 Å². The van der Waals surface area contributed by atoms with Crippen LogP contribution in [0.2, 0.25) is 0 Å². The van der Waals surface area contributed by atoms with Crippen LogP contribution in [0.15, 0.2) is 36.9 Å². The lowest BCUT2D eigenvalue weighted by Crippen LogP contribution is -1.97. The summed E-state index contributed by atoms with van der Waals surface area (Å²) in [7, 11) is 0. The molecule has 0 N–H and O–H groups in total. The molecule has 0 radical (unpaired) electrons. The lowest BCUT2D eigenvalue weighted by molar-refractivity contribution is 0.315. The molecule has 70 valence electrons. The molecule has 0 aliphatic rings. The van der Waals surface area contributed by atoms with Gasteiger partial charge in [0.25, 0.3) is 0 Å². The van der Waals surface area contributed by atoms with Crippen LogP contribution in [0.4, 0.5) is 0 Å². The molecule has 1 aromatic carbocycles. The van der Waals surface area contributed by atoms with E-state index in [0.717, 1.165) is 25.2 Å². The molecule has 0 saturated heterocycles. The summed E-state index contributed by atoms with van der Waals surface area (Å²) in [5.74, 6) is 0.990. The SMILES string of the molecule is C=CCc1ccccc1OCCC. The van der Waals surface area contributed by atoms with Crippen molar-refractivity contribution < 1.29 is 4.74 Å². The van der Waals surface area contributed by atoms with Crippen molar-refractivity contribution in [2.45, 2.75) is 19.8 Å². The van der Waals surface area contributed by atoms with E-state index in [1.54, 1.807) is 0 Å². The van der Waals surface area contributed by atoms with Gasteiger partial charge in [0.1, 0.15) is 5.75 Å². The third-order valence-electron chi connectivity index (χ3n) is 1.80. The van der Waals surface area contributed by atoms with E-state index in [9.17, 15) is 0 Å². The highest BCUT2D eigenvalue weighted by Crippen LogP contribution is 2.18. The fourth-order valence-electron chi connectivity index (χ4n) is 1.18. The highest BCUT2D eigenvalue weighted by molar-refractivity contribution is 5.34. The molecule has 0 spiro atoms. The predicted molar refractivity (Wildman–Crippen MR) is 56.1 cm³/mol. The summed E-state index contributed by atoms with van der Waals surface area (Å²) in [6.07, 6.45) is 3.82. The standard InChI is InChI=1S/C12H16O/c1-3-7-11-8-5-6-9-12(11)13-10-4-2/h3,5-6,8-9H,1,4,7,10H2,2H3. The van der Waals surface area contributed by atoms with Crippen molar-refractivity contribution in [1.29, 1.82) is 0 Å². The average Bonchev–Trinajstić information content (AvgIpc) is 2.17. The molecule has 1 nitrogen and oxygen atoms in total. The number of hydrogen-bond donors (Lipinski definition) is 0. The van der Waals surface area contributed by atoms with Crippen LogP contribution in [0.3, 0.4) is 0 Å². The van der Waals surface area contributed by atoms with Crippen LogP contribution in [0, 0.1) is 0 Å². The van der Waals surface area contributed by atoms with Gasteiger partial charge in [-0.2, -0.15) is 0 Å². The summed E-state index contributed by atoms with van der Waals surface area (Å²) in [4.78, 5) is 0. The predicted octanol–water partition coefficient (Wildman–Crippen LogP) is 3.20. The Morgan fingerprint density at radius 2 is 2.15 bits per heavy atom. The molecule has 0 heterocycles. The van der Waals surface area contributed by atoms with Crippen LogP contribution >= 0.6 is 0 Å². The minimum Gasteiger partial charge on any atom is -0.493 e. The van der Waals surface area contributed by atoms with E-state index in [2.05, 4.69) is 19.6 Å². The van der Waals surface area contributed by atoms with Gasteiger partial charge >= 0.3 is 0 Å². The van der Waals surface area contributed by atoms with E-state index in [-0.39, 0.29) is 0 Å². The summed E-state index contributed by atoms with van der Waals surface area (Å²) in [5.41, 5.74) is 1.21. The molecule has 0 fully saturated rings. The monoisotopic (exact) mass is 176 g/mol. The van der Waals surface area contributed by atoms with Crippen molar-refractivity contribution in [2.75, 3.05) is 6.61 Å². The molecule has 0 amide bonds. The first-order chi connectivity index (χ1) is 6.38. The number of allylic oxidation sites excluding steroid dienone is 1. The maximum absolute atomic E-state index is 5.59. The van der Waals surface area contributed by atoms with Crippen molar-refractivity contribution in [1.82, 2.24) is 0 Å². The molecule has 1 heteroatoms. The van der Waals surface area contributed by atoms with E-state index in [1.165, 1.54) is 5.56 Å². The Morgan fingerprint density at radius 3 is 2.85 bits per heavy atom. The molecule has 13 heavy (non-hydrogen) atoms. The van der Waals surface area contributed by atoms with Gasteiger partial charge in [0.15, 0.2) is 0 Å². The highest BCUT2D eigenvalue weighted by atomic mass is 16.5. The second-order valence-electron chi connectivity index (χ2n) is 2.95. The van der Waals surface area contributed by atoms with E-state index in [4.69, 9.17) is 4.74 Å². The van der Waals surface area contributed by atoms with Gasteiger partial charge < -0.3 is 4.74 Å². The summed E-state index contributed by atoms with van der Waals surface area (Å²) >= 11 is 0. The summed E-state index contributed by atoms with van der Waals surface area (Å²) in [6, 6.07) is 8.11. The molecule has 0 saturated carbocycles. The Labute approximate surface area is 80.0 Å². The van der Waals surface area contributed by atoms with Crippen LogP contribution < -0.4 is 4.74 Å². The van der Waals surface area contributed by atoms with Gasteiger partial charge in [-0.3, -0.25) is 0 Å². The van der Waals surface area contributed by atoms with Gasteiger partial charge in [0.2, 0.25) is 0 Å². The third kappa shape index (κ3) is 2.94. The topological polar surface area (TPSA) is 9.23 Å². The first-order valence-corrected chi connectivity index (χ1v) is 4.70. The zero-order valence-electron chi connectivity index (χ0n) is 8.12. The van der Waals surface area contributed by atoms with Gasteiger partial charge in [-0.1, -0.05) is 31.2 Å². The van der Waals surface area contributed by atoms with Crippen molar-refractivity contribution in [3.8, 4) is 5.75 Å². The molecule has 1 aromatic rings. The second-order valence-corrected chi connectivity index (χ2v) is 2.95. The lowest BCUT2D eigenvalue weighted by Gasteiger charge is -2.08. The van der Waals surface area contributed by atoms with Crippen molar-refractivity contribution in [3.05, 3.63) is 42.5 Å². The largest absolute Gasteiger partial charge is 0.493 e. The highest BCUT2D eigenvalue weighted by Gasteiger charge is 1.99. The zero-order valence-corrected chi connectivity index (χ0v) is 8.12.